The molecule has 4 heteroatoms. The minimum Gasteiger partial charge on any atom is -0.271 e. The van der Waals surface area contributed by atoms with E-state index in [9.17, 15) is 4.39 Å². The van der Waals surface area contributed by atoms with Crippen molar-refractivity contribution >= 4 is 11.3 Å². The molecule has 3 N–H and O–H groups in total. The Balaban J connectivity index is 2.36. The molecule has 2 rings (SSSR count). The number of hydrogen-bond acceptors (Lipinski definition) is 3. The Morgan fingerprint density at radius 3 is 2.65 bits per heavy atom. The molecule has 0 fully saturated rings. The minimum absolute atomic E-state index is 0.234. The Bertz CT molecular complexity index is 496. The van der Waals surface area contributed by atoms with Crippen LogP contribution in [0.1, 0.15) is 28.3 Å². The maximum Gasteiger partial charge on any atom is 0.128 e. The van der Waals surface area contributed by atoms with Crippen LogP contribution in [0.25, 0.3) is 0 Å². The summed E-state index contributed by atoms with van der Waals surface area (Å²) in [6.45, 7) is 2.10. The number of aryl methyl sites for hydroxylation is 1. The van der Waals surface area contributed by atoms with Crippen molar-refractivity contribution < 1.29 is 4.39 Å². The van der Waals surface area contributed by atoms with E-state index < -0.39 is 0 Å². The van der Waals surface area contributed by atoms with Crippen molar-refractivity contribution in [2.24, 2.45) is 5.84 Å². The quantitative estimate of drug-likeness (QED) is 0.646. The summed E-state index contributed by atoms with van der Waals surface area (Å²) >= 11 is 1.66. The summed E-state index contributed by atoms with van der Waals surface area (Å²) in [5.74, 6) is 5.31. The van der Waals surface area contributed by atoms with Crippen LogP contribution in [-0.4, -0.2) is 0 Å². The van der Waals surface area contributed by atoms with Gasteiger partial charge in [0, 0.05) is 15.3 Å². The van der Waals surface area contributed by atoms with Crippen LogP contribution in [-0.2, 0) is 6.42 Å². The van der Waals surface area contributed by atoms with Gasteiger partial charge in [0.05, 0.1) is 6.04 Å². The molecule has 1 aromatic heterocycles. The lowest BCUT2D eigenvalue weighted by atomic mass is 10.1. The van der Waals surface area contributed by atoms with Crippen LogP contribution in [0.2, 0.25) is 0 Å². The number of nitrogens with two attached hydrogens (primary N) is 1. The van der Waals surface area contributed by atoms with Gasteiger partial charge in [-0.15, -0.1) is 11.3 Å². The number of benzene rings is 1. The molecule has 0 saturated heterocycles. The largest absolute Gasteiger partial charge is 0.271 e. The summed E-state index contributed by atoms with van der Waals surface area (Å²) in [7, 11) is 0. The Morgan fingerprint density at radius 1 is 1.29 bits per heavy atom. The van der Waals surface area contributed by atoms with Gasteiger partial charge in [0.25, 0.3) is 0 Å². The molecule has 1 aromatic carbocycles. The van der Waals surface area contributed by atoms with Gasteiger partial charge in [-0.05, 0) is 24.6 Å². The Morgan fingerprint density at radius 2 is 2.06 bits per heavy atom. The topological polar surface area (TPSA) is 38.0 Å². The lowest BCUT2D eigenvalue weighted by Gasteiger charge is -2.15. The molecule has 0 radical (unpaired) electrons. The predicted octanol–water partition coefficient (Wildman–Crippen LogP) is 3.00. The SMILES string of the molecule is CCc1ccc(C(NN)c2ccccc2F)s1. The van der Waals surface area contributed by atoms with E-state index >= 15 is 0 Å². The first-order valence-electron chi connectivity index (χ1n) is 5.55. The van der Waals surface area contributed by atoms with Crippen molar-refractivity contribution in [3.05, 3.63) is 57.5 Å². The second-order valence-electron chi connectivity index (χ2n) is 3.78. The third kappa shape index (κ3) is 2.54. The lowest BCUT2D eigenvalue weighted by molar-refractivity contribution is 0.564. The number of thiophene rings is 1. The number of rotatable bonds is 4. The highest BCUT2D eigenvalue weighted by Crippen LogP contribution is 2.29. The van der Waals surface area contributed by atoms with Gasteiger partial charge >= 0.3 is 0 Å². The normalized spacial score (nSPS) is 12.6. The summed E-state index contributed by atoms with van der Waals surface area (Å²) in [4.78, 5) is 2.31. The molecule has 1 unspecified atom stereocenters. The Hall–Kier alpha value is -1.23. The molecule has 17 heavy (non-hydrogen) atoms. The number of halogens is 1. The minimum atomic E-state index is -0.276. The standard InChI is InChI=1S/C13H15FN2S/c1-2-9-7-8-12(17-9)13(16-15)10-5-3-4-6-11(10)14/h3-8,13,16H,2,15H2,1H3. The summed E-state index contributed by atoms with van der Waals surface area (Å²) in [6, 6.07) is 10.5. The first kappa shape index (κ1) is 12.2. The fourth-order valence-corrected chi connectivity index (χ4v) is 2.81. The fourth-order valence-electron chi connectivity index (χ4n) is 1.77. The molecule has 0 saturated carbocycles. The van der Waals surface area contributed by atoms with Gasteiger partial charge in [0.1, 0.15) is 5.82 Å². The van der Waals surface area contributed by atoms with Crippen molar-refractivity contribution in [3.63, 3.8) is 0 Å². The highest BCUT2D eigenvalue weighted by molar-refractivity contribution is 7.12. The molecular weight excluding hydrogens is 235 g/mol. The van der Waals surface area contributed by atoms with Gasteiger partial charge in [0.2, 0.25) is 0 Å². The zero-order valence-electron chi connectivity index (χ0n) is 9.61. The first-order valence-corrected chi connectivity index (χ1v) is 6.37. The molecule has 0 aliphatic heterocycles. The van der Waals surface area contributed by atoms with Gasteiger partial charge < -0.3 is 0 Å². The van der Waals surface area contributed by atoms with Crippen LogP contribution < -0.4 is 11.3 Å². The number of hydrogen-bond donors (Lipinski definition) is 2. The third-order valence-corrected chi connectivity index (χ3v) is 3.99. The molecule has 0 aliphatic carbocycles. The zero-order valence-corrected chi connectivity index (χ0v) is 10.4. The van der Waals surface area contributed by atoms with E-state index in [1.165, 1.54) is 10.9 Å². The van der Waals surface area contributed by atoms with Crippen LogP contribution in [0.4, 0.5) is 4.39 Å². The van der Waals surface area contributed by atoms with E-state index in [4.69, 9.17) is 5.84 Å². The highest BCUT2D eigenvalue weighted by Gasteiger charge is 2.17. The van der Waals surface area contributed by atoms with Crippen LogP contribution in [0.3, 0.4) is 0 Å². The molecular formula is C13H15FN2S. The van der Waals surface area contributed by atoms with Crippen LogP contribution >= 0.6 is 11.3 Å². The molecule has 2 aromatic rings. The average Bonchev–Trinajstić information content (AvgIpc) is 2.81. The predicted molar refractivity (Wildman–Crippen MR) is 69.3 cm³/mol. The number of hydrazine groups is 1. The van der Waals surface area contributed by atoms with Gasteiger partial charge in [-0.2, -0.15) is 0 Å². The van der Waals surface area contributed by atoms with Crippen LogP contribution in [0, 0.1) is 5.82 Å². The van der Waals surface area contributed by atoms with Crippen molar-refractivity contribution in [2.45, 2.75) is 19.4 Å². The van der Waals surface area contributed by atoms with E-state index in [1.54, 1.807) is 23.5 Å². The molecule has 0 spiro atoms. The molecule has 0 aliphatic rings. The van der Waals surface area contributed by atoms with E-state index in [1.807, 2.05) is 12.1 Å². The van der Waals surface area contributed by atoms with E-state index in [0.717, 1.165) is 11.3 Å². The van der Waals surface area contributed by atoms with Crippen molar-refractivity contribution in [1.82, 2.24) is 5.43 Å². The van der Waals surface area contributed by atoms with E-state index in [0.29, 0.717) is 5.56 Å². The first-order chi connectivity index (χ1) is 8.26. The van der Waals surface area contributed by atoms with E-state index in [-0.39, 0.29) is 11.9 Å². The van der Waals surface area contributed by atoms with Crippen LogP contribution in [0.15, 0.2) is 36.4 Å². The van der Waals surface area contributed by atoms with Crippen molar-refractivity contribution in [1.29, 1.82) is 0 Å². The van der Waals surface area contributed by atoms with Gasteiger partial charge in [0.15, 0.2) is 0 Å². The Labute approximate surface area is 104 Å². The average molecular weight is 250 g/mol. The van der Waals surface area contributed by atoms with Gasteiger partial charge in [-0.25, -0.2) is 9.82 Å². The van der Waals surface area contributed by atoms with E-state index in [2.05, 4.69) is 18.4 Å². The summed E-state index contributed by atoms with van der Waals surface area (Å²) in [5.41, 5.74) is 3.27. The second-order valence-corrected chi connectivity index (χ2v) is 4.98. The number of nitrogens with one attached hydrogen (secondary N) is 1. The fraction of sp³-hybridized carbons (Fsp3) is 0.231. The van der Waals surface area contributed by atoms with Crippen molar-refractivity contribution in [3.8, 4) is 0 Å². The summed E-state index contributed by atoms with van der Waals surface area (Å²) < 4.78 is 13.7. The highest BCUT2D eigenvalue weighted by atomic mass is 32.1. The molecule has 90 valence electrons. The molecule has 0 bridgehead atoms. The smallest absolute Gasteiger partial charge is 0.128 e. The molecule has 2 nitrogen and oxygen atoms in total. The third-order valence-electron chi connectivity index (χ3n) is 2.70. The van der Waals surface area contributed by atoms with Gasteiger partial charge in [-0.3, -0.25) is 5.84 Å². The lowest BCUT2D eigenvalue weighted by Crippen LogP contribution is -2.28. The summed E-state index contributed by atoms with van der Waals surface area (Å²) in [5, 5.41) is 0. The van der Waals surface area contributed by atoms with Crippen molar-refractivity contribution in [2.75, 3.05) is 0 Å². The molecule has 1 atom stereocenters. The summed E-state index contributed by atoms with van der Waals surface area (Å²) in [6.07, 6.45) is 0.985. The maximum atomic E-state index is 13.7. The molecule has 1 heterocycles. The zero-order chi connectivity index (χ0) is 12.3. The van der Waals surface area contributed by atoms with Crippen LogP contribution in [0.5, 0.6) is 0 Å². The Kier molecular flexibility index (Phi) is 3.89. The maximum absolute atomic E-state index is 13.7. The second kappa shape index (κ2) is 5.40. The van der Waals surface area contributed by atoms with Gasteiger partial charge in [-0.1, -0.05) is 25.1 Å². The molecule has 0 amide bonds. The monoisotopic (exact) mass is 250 g/mol.